The van der Waals surface area contributed by atoms with E-state index in [-0.39, 0.29) is 0 Å². The minimum Gasteiger partial charge on any atom is -0.346 e. The predicted octanol–water partition coefficient (Wildman–Crippen LogP) is 1.32. The molecule has 0 atom stereocenters. The lowest BCUT2D eigenvalue weighted by atomic mass is 10.2. The van der Waals surface area contributed by atoms with E-state index < -0.39 is 10.0 Å². The monoisotopic (exact) mass is 310 g/mol. The zero-order chi connectivity index (χ0) is 15.3. The van der Waals surface area contributed by atoms with Crippen LogP contribution in [0.5, 0.6) is 0 Å². The highest BCUT2D eigenvalue weighted by atomic mass is 32.2. The van der Waals surface area contributed by atoms with Crippen molar-refractivity contribution in [2.45, 2.75) is 19.9 Å². The molecule has 0 aliphatic carbocycles. The Kier molecular flexibility index (Phi) is 5.33. The van der Waals surface area contributed by atoms with Gasteiger partial charge in [0.25, 0.3) is 0 Å². The van der Waals surface area contributed by atoms with Crippen LogP contribution in [0.15, 0.2) is 24.5 Å². The van der Waals surface area contributed by atoms with Crippen LogP contribution in [0.2, 0.25) is 0 Å². The van der Waals surface area contributed by atoms with Crippen molar-refractivity contribution >= 4 is 21.1 Å². The first-order valence-corrected chi connectivity index (χ1v) is 8.94. The Bertz CT molecular complexity index is 681. The molecule has 6 nitrogen and oxygen atoms in total. The number of pyridine rings is 1. The first-order chi connectivity index (χ1) is 10.0. The van der Waals surface area contributed by atoms with Crippen molar-refractivity contribution < 1.29 is 8.42 Å². The number of fused-ring (bicyclic) bond motifs is 1. The Labute approximate surface area is 125 Å². The van der Waals surface area contributed by atoms with Crippen molar-refractivity contribution in [3.05, 3.63) is 30.1 Å². The van der Waals surface area contributed by atoms with Gasteiger partial charge in [-0.3, -0.25) is 0 Å². The number of H-pyrrole nitrogens is 1. The molecule has 0 radical (unpaired) electrons. The first kappa shape index (κ1) is 15.9. The van der Waals surface area contributed by atoms with Gasteiger partial charge in [-0.15, -0.1) is 0 Å². The van der Waals surface area contributed by atoms with Crippen molar-refractivity contribution in [1.82, 2.24) is 19.6 Å². The minimum atomic E-state index is -3.08. The second-order valence-electron chi connectivity index (χ2n) is 5.00. The highest BCUT2D eigenvalue weighted by Gasteiger charge is 2.13. The molecule has 2 rings (SSSR count). The Morgan fingerprint density at radius 2 is 2.24 bits per heavy atom. The van der Waals surface area contributed by atoms with E-state index in [9.17, 15) is 8.42 Å². The molecule has 0 amide bonds. The van der Waals surface area contributed by atoms with Gasteiger partial charge in [-0.25, -0.2) is 17.7 Å². The van der Waals surface area contributed by atoms with Gasteiger partial charge in [0.1, 0.15) is 5.65 Å². The van der Waals surface area contributed by atoms with Gasteiger partial charge in [0.2, 0.25) is 10.0 Å². The van der Waals surface area contributed by atoms with Gasteiger partial charge in [-0.05, 0) is 30.7 Å². The number of hydrogen-bond donors (Lipinski definition) is 2. The number of hydrogen-bond acceptors (Lipinski definition) is 4. The fraction of sp³-hybridized carbons (Fsp3) is 0.500. The molecular weight excluding hydrogens is 288 g/mol. The van der Waals surface area contributed by atoms with Crippen LogP contribution in [-0.4, -0.2) is 48.6 Å². The molecule has 0 aliphatic heterocycles. The van der Waals surface area contributed by atoms with Gasteiger partial charge in [-0.1, -0.05) is 6.92 Å². The van der Waals surface area contributed by atoms with Gasteiger partial charge >= 0.3 is 0 Å². The Morgan fingerprint density at radius 3 is 2.95 bits per heavy atom. The maximum absolute atomic E-state index is 11.5. The van der Waals surface area contributed by atoms with Crippen molar-refractivity contribution in [3.63, 3.8) is 0 Å². The lowest BCUT2D eigenvalue weighted by Gasteiger charge is -2.17. The molecule has 2 aromatic rings. The summed E-state index contributed by atoms with van der Waals surface area (Å²) in [5, 5.41) is 4.46. The third-order valence-electron chi connectivity index (χ3n) is 3.44. The normalized spacial score (nSPS) is 12.3. The average Bonchev–Trinajstić information content (AvgIpc) is 2.85. The van der Waals surface area contributed by atoms with Crippen molar-refractivity contribution in [1.29, 1.82) is 0 Å². The molecule has 7 heteroatoms. The number of rotatable bonds is 8. The molecule has 0 saturated carbocycles. The van der Waals surface area contributed by atoms with Crippen LogP contribution in [0.4, 0.5) is 0 Å². The highest BCUT2D eigenvalue weighted by molar-refractivity contribution is 7.88. The average molecular weight is 310 g/mol. The van der Waals surface area contributed by atoms with Crippen LogP contribution in [0.1, 0.15) is 18.9 Å². The third kappa shape index (κ3) is 4.26. The summed E-state index contributed by atoms with van der Waals surface area (Å²) in [5.41, 5.74) is 2.07. The summed E-state index contributed by atoms with van der Waals surface area (Å²) >= 11 is 0. The van der Waals surface area contributed by atoms with E-state index in [0.717, 1.165) is 30.5 Å². The molecule has 0 unspecified atom stereocenters. The van der Waals surface area contributed by atoms with Crippen LogP contribution in [0.3, 0.4) is 0 Å². The van der Waals surface area contributed by atoms with E-state index in [1.54, 1.807) is 6.20 Å². The van der Waals surface area contributed by atoms with Crippen LogP contribution >= 0.6 is 0 Å². The summed E-state index contributed by atoms with van der Waals surface area (Å²) in [6.45, 7) is 4.45. The van der Waals surface area contributed by atoms with Gasteiger partial charge in [0.05, 0.1) is 6.26 Å². The summed E-state index contributed by atoms with van der Waals surface area (Å²) in [5.74, 6) is 0. The summed E-state index contributed by atoms with van der Waals surface area (Å²) in [6.07, 6.45) is 5.77. The molecule has 2 heterocycles. The largest absolute Gasteiger partial charge is 0.346 e. The van der Waals surface area contributed by atoms with E-state index in [0.29, 0.717) is 13.1 Å². The van der Waals surface area contributed by atoms with E-state index in [1.165, 1.54) is 16.1 Å². The Balaban J connectivity index is 1.78. The number of sulfonamides is 1. The molecule has 21 heavy (non-hydrogen) atoms. The molecule has 0 saturated heterocycles. The van der Waals surface area contributed by atoms with Crippen molar-refractivity contribution in [2.75, 3.05) is 25.9 Å². The van der Waals surface area contributed by atoms with Gasteiger partial charge < -0.3 is 10.3 Å². The molecule has 0 aliphatic rings. The molecule has 0 fully saturated rings. The van der Waals surface area contributed by atoms with Crippen molar-refractivity contribution in [2.24, 2.45) is 0 Å². The molecule has 0 aromatic carbocycles. The molecule has 0 spiro atoms. The minimum absolute atomic E-state index is 0.521. The summed E-state index contributed by atoms with van der Waals surface area (Å²) in [7, 11) is -3.08. The molecule has 0 bridgehead atoms. The third-order valence-corrected chi connectivity index (χ3v) is 4.81. The summed E-state index contributed by atoms with van der Waals surface area (Å²) in [6, 6.07) is 3.96. The van der Waals surface area contributed by atoms with E-state index in [4.69, 9.17) is 0 Å². The number of nitrogens with zero attached hydrogens (tertiary/aromatic N) is 2. The maximum atomic E-state index is 11.5. The van der Waals surface area contributed by atoms with Crippen molar-refractivity contribution in [3.8, 4) is 0 Å². The first-order valence-electron chi connectivity index (χ1n) is 7.09. The zero-order valence-electron chi connectivity index (χ0n) is 12.5. The SMILES string of the molecule is CCN(CCCNCc1c[nH]c2ncccc12)S(C)(=O)=O. The van der Waals surface area contributed by atoms with Gasteiger partial charge in [0, 0.05) is 37.4 Å². The quantitative estimate of drug-likeness (QED) is 0.721. The second kappa shape index (κ2) is 7.02. The van der Waals surface area contributed by atoms with Gasteiger partial charge in [0.15, 0.2) is 0 Å². The summed E-state index contributed by atoms with van der Waals surface area (Å²) in [4.78, 5) is 7.39. The molecule has 2 N–H and O–H groups in total. The van der Waals surface area contributed by atoms with E-state index >= 15 is 0 Å². The topological polar surface area (TPSA) is 78.1 Å². The van der Waals surface area contributed by atoms with Crippen LogP contribution in [-0.2, 0) is 16.6 Å². The highest BCUT2D eigenvalue weighted by Crippen LogP contribution is 2.14. The fourth-order valence-corrected chi connectivity index (χ4v) is 3.25. The standard InChI is InChI=1S/C14H22N4O2S/c1-3-18(21(2,19)20)9-5-7-15-10-12-11-17-14-13(12)6-4-8-16-14/h4,6,8,11,15H,3,5,7,9-10H2,1-2H3,(H,16,17). The molecule has 116 valence electrons. The lowest BCUT2D eigenvalue weighted by Crippen LogP contribution is -2.32. The molecule has 2 aromatic heterocycles. The second-order valence-corrected chi connectivity index (χ2v) is 6.98. The van der Waals surface area contributed by atoms with E-state index in [2.05, 4.69) is 15.3 Å². The summed E-state index contributed by atoms with van der Waals surface area (Å²) < 4.78 is 24.4. The van der Waals surface area contributed by atoms with Crippen LogP contribution in [0, 0.1) is 0 Å². The maximum Gasteiger partial charge on any atom is 0.211 e. The van der Waals surface area contributed by atoms with E-state index in [1.807, 2.05) is 25.3 Å². The Morgan fingerprint density at radius 1 is 1.43 bits per heavy atom. The fourth-order valence-electron chi connectivity index (χ4n) is 2.32. The van der Waals surface area contributed by atoms with Crippen LogP contribution < -0.4 is 5.32 Å². The Hall–Kier alpha value is -1.44. The lowest BCUT2D eigenvalue weighted by molar-refractivity contribution is 0.419. The zero-order valence-corrected chi connectivity index (χ0v) is 13.3. The van der Waals surface area contributed by atoms with Gasteiger partial charge in [-0.2, -0.15) is 0 Å². The number of aromatic amines is 1. The number of nitrogens with one attached hydrogen (secondary N) is 2. The molecular formula is C14H22N4O2S. The number of aromatic nitrogens is 2. The van der Waals surface area contributed by atoms with Crippen LogP contribution in [0.25, 0.3) is 11.0 Å². The predicted molar refractivity (Wildman–Crippen MR) is 84.5 cm³/mol. The smallest absolute Gasteiger partial charge is 0.211 e.